The fraction of sp³-hybridized carbons (Fsp3) is 0.529. The molecule has 0 radical (unpaired) electrons. The zero-order valence-corrected chi connectivity index (χ0v) is 16.8. The van der Waals surface area contributed by atoms with Crippen LogP contribution in [0.15, 0.2) is 29.4 Å². The minimum absolute atomic E-state index is 0.0115. The molecule has 0 amide bonds. The van der Waals surface area contributed by atoms with E-state index in [-0.39, 0.29) is 23.0 Å². The number of aryl methyl sites for hydroxylation is 1. The van der Waals surface area contributed by atoms with Gasteiger partial charge in [0.15, 0.2) is 0 Å². The highest BCUT2D eigenvalue weighted by Crippen LogP contribution is 2.17. The zero-order chi connectivity index (χ0) is 18.8. The molecule has 25 heavy (non-hydrogen) atoms. The topological polar surface area (TPSA) is 68.1 Å². The maximum atomic E-state index is 12.7. The number of aromatic nitrogens is 3. The largest absolute Gasteiger partial charge is 0.298 e. The van der Waals surface area contributed by atoms with Gasteiger partial charge in [-0.2, -0.15) is 0 Å². The van der Waals surface area contributed by atoms with Crippen molar-refractivity contribution in [2.75, 3.05) is 12.3 Å². The highest BCUT2D eigenvalue weighted by molar-refractivity contribution is 7.91. The molecule has 0 bridgehead atoms. The summed E-state index contributed by atoms with van der Waals surface area (Å²) in [5.41, 5.74) is 0.685. The van der Waals surface area contributed by atoms with Crippen LogP contribution in [0.25, 0.3) is 5.69 Å². The van der Waals surface area contributed by atoms with E-state index in [1.165, 1.54) is 4.68 Å². The maximum absolute atomic E-state index is 12.7. The van der Waals surface area contributed by atoms with E-state index in [0.717, 1.165) is 0 Å². The van der Waals surface area contributed by atoms with Gasteiger partial charge < -0.3 is 0 Å². The molecule has 2 aromatic rings. The van der Waals surface area contributed by atoms with Crippen molar-refractivity contribution in [3.8, 4) is 5.69 Å². The fourth-order valence-electron chi connectivity index (χ4n) is 2.78. The van der Waals surface area contributed by atoms with Crippen LogP contribution < -0.4 is 0 Å². The van der Waals surface area contributed by atoms with Gasteiger partial charge in [-0.3, -0.25) is 4.90 Å². The summed E-state index contributed by atoms with van der Waals surface area (Å²) in [6.07, 6.45) is 0. The lowest BCUT2D eigenvalue weighted by atomic mass is 10.2. The van der Waals surface area contributed by atoms with Crippen LogP contribution in [0.3, 0.4) is 0 Å². The van der Waals surface area contributed by atoms with Crippen molar-refractivity contribution in [2.45, 2.75) is 51.9 Å². The summed E-state index contributed by atoms with van der Waals surface area (Å²) < 4.78 is 26.8. The summed E-state index contributed by atoms with van der Waals surface area (Å²) >= 11 is 6.00. The molecule has 0 N–H and O–H groups in total. The molecule has 2 rings (SSSR count). The van der Waals surface area contributed by atoms with Crippen LogP contribution in [-0.2, 0) is 9.84 Å². The van der Waals surface area contributed by atoms with Crippen LogP contribution in [0, 0.1) is 6.92 Å². The first-order valence-corrected chi connectivity index (χ1v) is 10.3. The Morgan fingerprint density at radius 1 is 1.20 bits per heavy atom. The van der Waals surface area contributed by atoms with Gasteiger partial charge in [0.05, 0.1) is 11.4 Å². The van der Waals surface area contributed by atoms with Crippen LogP contribution in [-0.4, -0.2) is 52.5 Å². The molecule has 0 aliphatic carbocycles. The van der Waals surface area contributed by atoms with Crippen molar-refractivity contribution >= 4 is 21.4 Å². The van der Waals surface area contributed by atoms with Crippen LogP contribution in [0.2, 0.25) is 5.02 Å². The molecule has 138 valence electrons. The van der Waals surface area contributed by atoms with Gasteiger partial charge in [-0.25, -0.2) is 18.1 Å². The molecule has 0 saturated carbocycles. The maximum Gasteiger partial charge on any atom is 0.267 e. The monoisotopic (exact) mass is 384 g/mol. The predicted octanol–water partition coefficient (Wildman–Crippen LogP) is 3.12. The fourth-order valence-corrected chi connectivity index (χ4v) is 4.08. The van der Waals surface area contributed by atoms with Crippen molar-refractivity contribution in [1.29, 1.82) is 0 Å². The number of nitrogens with zero attached hydrogens (tertiary/aromatic N) is 4. The molecule has 0 unspecified atom stereocenters. The van der Waals surface area contributed by atoms with Crippen LogP contribution in [0.5, 0.6) is 0 Å². The number of benzene rings is 1. The third-order valence-corrected chi connectivity index (χ3v) is 5.71. The standard InChI is InChI=1S/C17H25ClN4O2S/c1-12(2)21(13(3)4)9-10-25(23,24)17-19-14(5)22(20-17)16-8-6-7-15(18)11-16/h6-8,11-13H,9-10H2,1-5H3. The van der Waals surface area contributed by atoms with E-state index in [4.69, 9.17) is 11.6 Å². The van der Waals surface area contributed by atoms with E-state index in [9.17, 15) is 8.42 Å². The lowest BCUT2D eigenvalue weighted by Gasteiger charge is -2.30. The Morgan fingerprint density at radius 3 is 2.40 bits per heavy atom. The lowest BCUT2D eigenvalue weighted by molar-refractivity contribution is 0.186. The molecule has 0 atom stereocenters. The van der Waals surface area contributed by atoms with Gasteiger partial charge >= 0.3 is 0 Å². The molecule has 0 fully saturated rings. The summed E-state index contributed by atoms with van der Waals surface area (Å²) in [5.74, 6) is 0.493. The molecule has 6 nitrogen and oxygen atoms in total. The second-order valence-corrected chi connectivity index (χ2v) is 9.02. The molecule has 8 heteroatoms. The zero-order valence-electron chi connectivity index (χ0n) is 15.3. The highest BCUT2D eigenvalue weighted by atomic mass is 35.5. The van der Waals surface area contributed by atoms with Crippen molar-refractivity contribution < 1.29 is 8.42 Å². The average Bonchev–Trinajstić information content (AvgIpc) is 2.89. The van der Waals surface area contributed by atoms with Gasteiger partial charge in [0, 0.05) is 23.7 Å². The molecule has 1 aromatic carbocycles. The van der Waals surface area contributed by atoms with Crippen molar-refractivity contribution in [1.82, 2.24) is 19.7 Å². The van der Waals surface area contributed by atoms with Gasteiger partial charge in [-0.1, -0.05) is 17.7 Å². The lowest BCUT2D eigenvalue weighted by Crippen LogP contribution is -2.40. The predicted molar refractivity (Wildman–Crippen MR) is 100 cm³/mol. The van der Waals surface area contributed by atoms with Gasteiger partial charge in [0.1, 0.15) is 5.82 Å². The Labute approximate surface area is 154 Å². The first-order valence-electron chi connectivity index (χ1n) is 8.30. The molecule has 0 aliphatic heterocycles. The Bertz CT molecular complexity index is 823. The normalized spacial score (nSPS) is 12.5. The second-order valence-electron chi connectivity index (χ2n) is 6.58. The van der Waals surface area contributed by atoms with E-state index >= 15 is 0 Å². The summed E-state index contributed by atoms with van der Waals surface area (Å²) in [7, 11) is -3.56. The first kappa shape index (κ1) is 19.9. The Morgan fingerprint density at radius 2 is 1.84 bits per heavy atom. The molecule has 0 saturated heterocycles. The summed E-state index contributed by atoms with van der Waals surface area (Å²) in [6, 6.07) is 7.61. The van der Waals surface area contributed by atoms with Crippen molar-refractivity contribution in [2.24, 2.45) is 0 Å². The first-order chi connectivity index (χ1) is 11.6. The Kier molecular flexibility index (Phi) is 6.24. The molecule has 0 aliphatic rings. The summed E-state index contributed by atoms with van der Waals surface area (Å²) in [6.45, 7) is 10.4. The van der Waals surface area contributed by atoms with Gasteiger partial charge in [-0.05, 0) is 52.8 Å². The number of hydrogen-bond donors (Lipinski definition) is 0. The summed E-state index contributed by atoms with van der Waals surface area (Å²) in [5, 5.41) is 4.62. The SMILES string of the molecule is Cc1nc(S(=O)(=O)CCN(C(C)C)C(C)C)nn1-c1cccc(Cl)c1. The summed E-state index contributed by atoms with van der Waals surface area (Å²) in [4.78, 5) is 6.30. The van der Waals surface area contributed by atoms with Crippen molar-refractivity contribution in [3.63, 3.8) is 0 Å². The van der Waals surface area contributed by atoms with Crippen LogP contribution in [0.4, 0.5) is 0 Å². The minimum atomic E-state index is -3.56. The number of halogens is 1. The Hall–Kier alpha value is -1.44. The molecule has 1 heterocycles. The van der Waals surface area contributed by atoms with Gasteiger partial charge in [0.2, 0.25) is 9.84 Å². The third kappa shape index (κ3) is 4.80. The van der Waals surface area contributed by atoms with E-state index in [2.05, 4.69) is 42.7 Å². The quantitative estimate of drug-likeness (QED) is 0.733. The van der Waals surface area contributed by atoms with E-state index in [1.807, 2.05) is 6.07 Å². The highest BCUT2D eigenvalue weighted by Gasteiger charge is 2.24. The molecular weight excluding hydrogens is 360 g/mol. The Balaban J connectivity index is 2.25. The second kappa shape index (κ2) is 7.85. The van der Waals surface area contributed by atoms with E-state index in [1.54, 1.807) is 25.1 Å². The number of rotatable bonds is 7. The number of hydrogen-bond acceptors (Lipinski definition) is 5. The van der Waals surface area contributed by atoms with Crippen LogP contribution in [0.1, 0.15) is 33.5 Å². The van der Waals surface area contributed by atoms with Gasteiger partial charge in [0.25, 0.3) is 5.16 Å². The average molecular weight is 385 g/mol. The van der Waals surface area contributed by atoms with E-state index in [0.29, 0.717) is 23.1 Å². The van der Waals surface area contributed by atoms with Crippen molar-refractivity contribution in [3.05, 3.63) is 35.1 Å². The third-order valence-electron chi connectivity index (χ3n) is 4.03. The van der Waals surface area contributed by atoms with Gasteiger partial charge in [-0.15, -0.1) is 5.10 Å². The number of sulfone groups is 1. The molecular formula is C17H25ClN4O2S. The molecule has 0 spiro atoms. The molecule has 1 aromatic heterocycles. The minimum Gasteiger partial charge on any atom is -0.298 e. The van der Waals surface area contributed by atoms with Crippen LogP contribution >= 0.6 is 11.6 Å². The smallest absolute Gasteiger partial charge is 0.267 e. The van der Waals surface area contributed by atoms with E-state index < -0.39 is 9.84 Å².